The van der Waals surface area contributed by atoms with E-state index < -0.39 is 18.0 Å². The lowest BCUT2D eigenvalue weighted by Gasteiger charge is -2.47. The molecule has 0 bridgehead atoms. The van der Waals surface area contributed by atoms with E-state index in [1.807, 2.05) is 25.9 Å². The number of aliphatic carboxylic acids is 1. The fourth-order valence-corrected chi connectivity index (χ4v) is 7.57. The molecule has 35 heavy (non-hydrogen) atoms. The molecule has 0 aromatic heterocycles. The number of nitrogens with one attached hydrogen (secondary N) is 1. The van der Waals surface area contributed by atoms with Crippen molar-refractivity contribution >= 4 is 35.5 Å². The Morgan fingerprint density at radius 3 is 2.63 bits per heavy atom. The number of likely N-dealkylation sites (tertiary alicyclic amines) is 1. The zero-order valence-corrected chi connectivity index (χ0v) is 21.4. The van der Waals surface area contributed by atoms with E-state index in [1.54, 1.807) is 6.92 Å². The van der Waals surface area contributed by atoms with Crippen LogP contribution in [-0.2, 0) is 19.2 Å². The van der Waals surface area contributed by atoms with E-state index in [1.165, 1.54) is 16.7 Å². The smallest absolute Gasteiger partial charge is 0.272 e. The van der Waals surface area contributed by atoms with Crippen LogP contribution in [0.2, 0.25) is 0 Å². The molecular weight excluding hydrogens is 474 g/mol. The Morgan fingerprint density at radius 2 is 2.03 bits per heavy atom. The number of amides is 3. The topological polar surface area (TPSA) is 156 Å². The number of nitrogens with zero attached hydrogens (tertiary/aromatic N) is 3. The van der Waals surface area contributed by atoms with E-state index in [0.29, 0.717) is 35.4 Å². The number of aliphatic hydroxyl groups excluding tert-OH is 1. The van der Waals surface area contributed by atoms with Crippen LogP contribution < -0.4 is 16.2 Å². The Labute approximate surface area is 209 Å². The number of fused-ring (bicyclic) bond motifs is 1. The molecule has 194 valence electrons. The highest BCUT2D eigenvalue weighted by molar-refractivity contribution is 8.03. The summed E-state index contributed by atoms with van der Waals surface area (Å²) in [6.45, 7) is 5.36. The molecule has 0 aromatic carbocycles. The van der Waals surface area contributed by atoms with Crippen LogP contribution in [-0.4, -0.2) is 113 Å². The minimum atomic E-state index is -1.39. The van der Waals surface area contributed by atoms with E-state index in [4.69, 9.17) is 5.73 Å². The third kappa shape index (κ3) is 4.56. The van der Waals surface area contributed by atoms with Gasteiger partial charge in [-0.3, -0.25) is 14.4 Å². The van der Waals surface area contributed by atoms with Crippen LogP contribution in [0.4, 0.5) is 0 Å². The van der Waals surface area contributed by atoms with Gasteiger partial charge < -0.3 is 40.3 Å². The molecule has 3 fully saturated rings. The van der Waals surface area contributed by atoms with Crippen molar-refractivity contribution in [3.63, 3.8) is 0 Å². The summed E-state index contributed by atoms with van der Waals surface area (Å²) in [6, 6.07) is -0.615. The highest BCUT2D eigenvalue weighted by Gasteiger charge is 2.59. The third-order valence-corrected chi connectivity index (χ3v) is 9.52. The van der Waals surface area contributed by atoms with Gasteiger partial charge in [0.15, 0.2) is 6.54 Å². The van der Waals surface area contributed by atoms with Crippen molar-refractivity contribution in [3.05, 3.63) is 10.6 Å². The number of hydrogen-bond donors (Lipinski definition) is 3. The minimum Gasteiger partial charge on any atom is -0.543 e. The van der Waals surface area contributed by atoms with Gasteiger partial charge in [-0.1, -0.05) is 6.92 Å². The molecule has 4 N–H and O–H groups in total. The molecule has 12 heteroatoms. The molecule has 0 unspecified atom stereocenters. The molecule has 0 aliphatic carbocycles. The number of nitrogens with two attached hydrogens (primary N) is 1. The molecule has 4 aliphatic heterocycles. The van der Waals surface area contributed by atoms with Gasteiger partial charge in [-0.25, -0.2) is 0 Å². The van der Waals surface area contributed by atoms with Gasteiger partial charge in [0, 0.05) is 35.6 Å². The number of thioether (sulfide) groups is 1. The summed E-state index contributed by atoms with van der Waals surface area (Å²) in [5.74, 6) is -2.98. The van der Waals surface area contributed by atoms with Crippen molar-refractivity contribution in [2.75, 3.05) is 40.3 Å². The number of primary amides is 1. The Kier molecular flexibility index (Phi) is 6.95. The fourth-order valence-electron chi connectivity index (χ4n) is 6.09. The predicted molar refractivity (Wildman–Crippen MR) is 126 cm³/mol. The summed E-state index contributed by atoms with van der Waals surface area (Å²) in [7, 11) is 3.90. The zero-order chi connectivity index (χ0) is 25.8. The largest absolute Gasteiger partial charge is 0.543 e. The van der Waals surface area contributed by atoms with Crippen molar-refractivity contribution in [1.29, 1.82) is 0 Å². The lowest BCUT2D eigenvalue weighted by Crippen LogP contribution is -2.64. The predicted octanol–water partition coefficient (Wildman–Crippen LogP) is -2.57. The fraction of sp³-hybridized carbons (Fsp3) is 0.739. The number of likely N-dealkylation sites (N-methyl/N-ethyl adjacent to an activating group) is 1. The van der Waals surface area contributed by atoms with E-state index in [0.717, 1.165) is 6.42 Å². The lowest BCUT2D eigenvalue weighted by atomic mass is 9.79. The molecule has 7 atom stereocenters. The van der Waals surface area contributed by atoms with Gasteiger partial charge >= 0.3 is 0 Å². The van der Waals surface area contributed by atoms with Crippen molar-refractivity contribution in [2.45, 2.75) is 56.2 Å². The number of quaternary nitrogens is 1. The zero-order valence-electron chi connectivity index (χ0n) is 20.6. The number of rotatable bonds is 8. The molecule has 4 aliphatic rings. The number of carbonyl (C=O) groups excluding carboxylic acids is 4. The number of β-lactam (4-membered cyclic amide) rings is 1. The third-order valence-electron chi connectivity index (χ3n) is 8.01. The average Bonchev–Trinajstić information content (AvgIpc) is 3.46. The van der Waals surface area contributed by atoms with Gasteiger partial charge in [-0.05, 0) is 13.3 Å². The first-order valence-corrected chi connectivity index (χ1v) is 13.0. The SMILES string of the molecule is C[C@@H](O)[C@H]1C(=O)N2C(C(=O)[O-])=C(S[C@@H]3CN[C@H](C(=O)N4CC[C@H]([N+](C)(C)CC(N)=O)C4)C3)[C@H](C)[C@H]12. The van der Waals surface area contributed by atoms with Crippen molar-refractivity contribution < 1.29 is 33.9 Å². The molecular formula is C23H35N5O6S. The molecule has 4 rings (SSSR count). The maximum absolute atomic E-state index is 13.2. The first-order chi connectivity index (χ1) is 16.3. The second-order valence-electron chi connectivity index (χ2n) is 10.8. The molecule has 3 amide bonds. The molecule has 3 saturated heterocycles. The number of carboxylic acid groups (broad SMARTS) is 1. The Morgan fingerprint density at radius 1 is 1.34 bits per heavy atom. The first-order valence-electron chi connectivity index (χ1n) is 12.1. The van der Waals surface area contributed by atoms with E-state index in [2.05, 4.69) is 5.32 Å². The van der Waals surface area contributed by atoms with Crippen LogP contribution in [0.25, 0.3) is 0 Å². The van der Waals surface area contributed by atoms with Gasteiger partial charge in [-0.15, -0.1) is 11.8 Å². The van der Waals surface area contributed by atoms with E-state index in [9.17, 15) is 29.4 Å². The summed E-state index contributed by atoms with van der Waals surface area (Å²) in [4.78, 5) is 52.7. The highest BCUT2D eigenvalue weighted by Crippen LogP contribution is 2.51. The van der Waals surface area contributed by atoms with Crippen LogP contribution in [0.1, 0.15) is 26.7 Å². The Balaban J connectivity index is 1.39. The standard InChI is InChI=1S/C23H35N5O6S/c1-11-18-17(12(2)29)22(32)27(18)19(23(33)34)20(11)35-14-7-15(25-8-14)21(31)26-6-5-13(9-26)28(3,4)10-16(24)30/h11-15,17-18,25,29H,5-10H2,1-4H3,(H2-,24,30,33,34)/t11-,12-,13+,14+,15+,17-,18-/m1/s1. The maximum atomic E-state index is 13.2. The summed E-state index contributed by atoms with van der Waals surface area (Å²) >= 11 is 1.39. The molecule has 0 spiro atoms. The van der Waals surface area contributed by atoms with Gasteiger partial charge in [0.25, 0.3) is 5.91 Å². The molecule has 0 aromatic rings. The Hall–Kier alpha value is -2.15. The highest BCUT2D eigenvalue weighted by atomic mass is 32.2. The Bertz CT molecular complexity index is 968. The maximum Gasteiger partial charge on any atom is 0.272 e. The van der Waals surface area contributed by atoms with Gasteiger partial charge in [0.2, 0.25) is 11.8 Å². The van der Waals surface area contributed by atoms with Crippen LogP contribution in [0, 0.1) is 11.8 Å². The van der Waals surface area contributed by atoms with Crippen LogP contribution in [0.3, 0.4) is 0 Å². The number of hydrogen-bond acceptors (Lipinski definition) is 8. The summed E-state index contributed by atoms with van der Waals surface area (Å²) in [5, 5.41) is 25.2. The van der Waals surface area contributed by atoms with Crippen molar-refractivity contribution in [2.24, 2.45) is 17.6 Å². The minimum absolute atomic E-state index is 0.0106. The second-order valence-corrected chi connectivity index (χ2v) is 12.2. The molecule has 0 radical (unpaired) electrons. The van der Waals surface area contributed by atoms with E-state index >= 15 is 0 Å². The summed E-state index contributed by atoms with van der Waals surface area (Å²) < 4.78 is 0.442. The van der Waals surface area contributed by atoms with Crippen LogP contribution >= 0.6 is 11.8 Å². The van der Waals surface area contributed by atoms with E-state index in [-0.39, 0.29) is 59.3 Å². The average molecular weight is 510 g/mol. The van der Waals surface area contributed by atoms with Gasteiger partial charge in [0.1, 0.15) is 6.04 Å². The van der Waals surface area contributed by atoms with Crippen molar-refractivity contribution in [3.8, 4) is 0 Å². The lowest BCUT2D eigenvalue weighted by molar-refractivity contribution is -0.905. The van der Waals surface area contributed by atoms with Gasteiger partial charge in [0.05, 0.1) is 56.4 Å². The van der Waals surface area contributed by atoms with Crippen LogP contribution in [0.5, 0.6) is 0 Å². The second kappa shape index (κ2) is 9.38. The van der Waals surface area contributed by atoms with Crippen LogP contribution in [0.15, 0.2) is 10.6 Å². The first kappa shape index (κ1) is 25.9. The number of carboxylic acids is 1. The quantitative estimate of drug-likeness (QED) is 0.238. The molecule has 4 heterocycles. The number of carbonyl (C=O) groups is 4. The summed E-state index contributed by atoms with van der Waals surface area (Å²) in [6.07, 6.45) is 0.482. The van der Waals surface area contributed by atoms with Crippen molar-refractivity contribution in [1.82, 2.24) is 15.1 Å². The number of aliphatic hydroxyl groups is 1. The normalized spacial score (nSPS) is 33.7. The van der Waals surface area contributed by atoms with Gasteiger partial charge in [-0.2, -0.15) is 0 Å². The summed E-state index contributed by atoms with van der Waals surface area (Å²) in [5.41, 5.74) is 5.29. The molecule has 11 nitrogen and oxygen atoms in total. The molecule has 0 saturated carbocycles. The monoisotopic (exact) mass is 509 g/mol.